The van der Waals surface area contributed by atoms with E-state index in [-0.39, 0.29) is 0 Å². The second-order valence-electron chi connectivity index (χ2n) is 10.9. The van der Waals surface area contributed by atoms with E-state index in [0.29, 0.717) is 11.8 Å². The van der Waals surface area contributed by atoms with E-state index >= 15 is 0 Å². The maximum absolute atomic E-state index is 6.19. The van der Waals surface area contributed by atoms with Crippen LogP contribution in [-0.4, -0.2) is 30.1 Å². The molecule has 5 aromatic carbocycles. The predicted octanol–water partition coefficient (Wildman–Crippen LogP) is 9.07. The summed E-state index contributed by atoms with van der Waals surface area (Å²) in [6.45, 7) is 0. The molecule has 8 nitrogen and oxygen atoms in total. The average molecular weight is 594 g/mol. The highest BCUT2D eigenvalue weighted by Gasteiger charge is 2.17. The third kappa shape index (κ3) is 4.31. The van der Waals surface area contributed by atoms with Crippen molar-refractivity contribution in [3.63, 3.8) is 0 Å². The molecule has 4 heterocycles. The molecule has 46 heavy (non-hydrogen) atoms. The van der Waals surface area contributed by atoms with Gasteiger partial charge in [0.15, 0.2) is 0 Å². The first-order valence-corrected chi connectivity index (χ1v) is 14.9. The van der Waals surface area contributed by atoms with Crippen molar-refractivity contribution >= 4 is 60.9 Å². The van der Waals surface area contributed by atoms with Gasteiger partial charge in [-0.05, 0) is 91.0 Å². The van der Waals surface area contributed by atoms with Crippen LogP contribution in [0.25, 0.3) is 66.8 Å². The molecule has 9 rings (SSSR count). The van der Waals surface area contributed by atoms with E-state index < -0.39 is 0 Å². The number of fused-ring (bicyclic) bond motifs is 7. The molecule has 8 heteroatoms. The number of benzene rings is 5. The summed E-state index contributed by atoms with van der Waals surface area (Å²) in [5, 5.41) is 10.6. The minimum Gasteiger partial charge on any atom is -0.416 e. The standard InChI is InChI=1S/C38H23N7O/c1-3-9-26(10-4-1)45(27-11-5-2-6-12-27)28-18-15-24(16-19-28)37-43-44-38(46-37)25-17-20-31-32(23-25)42-36-30-14-8-22-40-34(30)33-29(35(36)41-31)13-7-21-39-33/h1-23H. The van der Waals surface area contributed by atoms with Crippen LogP contribution in [0.1, 0.15) is 0 Å². The third-order valence-corrected chi connectivity index (χ3v) is 8.09. The number of para-hydroxylation sites is 2. The maximum Gasteiger partial charge on any atom is 0.248 e. The van der Waals surface area contributed by atoms with Gasteiger partial charge in [-0.15, -0.1) is 10.2 Å². The van der Waals surface area contributed by atoms with Crippen LogP contribution in [0.3, 0.4) is 0 Å². The van der Waals surface area contributed by atoms with E-state index in [1.165, 1.54) is 0 Å². The molecule has 4 aromatic heterocycles. The number of anilines is 3. The van der Waals surface area contributed by atoms with E-state index in [1.807, 2.05) is 91.0 Å². The van der Waals surface area contributed by atoms with Gasteiger partial charge in [-0.2, -0.15) is 0 Å². The lowest BCUT2D eigenvalue weighted by Gasteiger charge is -2.25. The Morgan fingerprint density at radius 3 is 1.57 bits per heavy atom. The summed E-state index contributed by atoms with van der Waals surface area (Å²) in [4.78, 5) is 21.5. The van der Waals surface area contributed by atoms with Crippen molar-refractivity contribution < 1.29 is 4.42 Å². The summed E-state index contributed by atoms with van der Waals surface area (Å²) in [6, 6.07) is 42.4. The average Bonchev–Trinajstić information content (AvgIpc) is 3.63. The highest BCUT2D eigenvalue weighted by atomic mass is 16.4. The molecule has 0 atom stereocenters. The Hall–Kier alpha value is -6.54. The van der Waals surface area contributed by atoms with E-state index in [1.54, 1.807) is 12.4 Å². The summed E-state index contributed by atoms with van der Waals surface area (Å²) in [5.41, 5.74) is 9.44. The van der Waals surface area contributed by atoms with Gasteiger partial charge in [0.25, 0.3) is 0 Å². The first kappa shape index (κ1) is 25.9. The van der Waals surface area contributed by atoms with E-state index in [0.717, 1.165) is 72.1 Å². The monoisotopic (exact) mass is 593 g/mol. The minimum absolute atomic E-state index is 0.410. The quantitative estimate of drug-likeness (QED) is 0.144. The number of hydrogen-bond acceptors (Lipinski definition) is 8. The summed E-state index contributed by atoms with van der Waals surface area (Å²) in [7, 11) is 0. The SMILES string of the molecule is c1ccc(N(c2ccccc2)c2ccc(-c3nnc(-c4ccc5nc6c7cccnc7c7ncccc7c6nc5c4)o3)cc2)cc1. The van der Waals surface area contributed by atoms with Gasteiger partial charge in [-0.3, -0.25) is 9.97 Å². The van der Waals surface area contributed by atoms with Crippen molar-refractivity contribution in [1.29, 1.82) is 0 Å². The van der Waals surface area contributed by atoms with E-state index in [9.17, 15) is 0 Å². The topological polar surface area (TPSA) is 93.7 Å². The van der Waals surface area contributed by atoms with Gasteiger partial charge < -0.3 is 9.32 Å². The van der Waals surface area contributed by atoms with Crippen LogP contribution in [0.5, 0.6) is 0 Å². The van der Waals surface area contributed by atoms with Crippen molar-refractivity contribution in [2.45, 2.75) is 0 Å². The molecular weight excluding hydrogens is 570 g/mol. The lowest BCUT2D eigenvalue weighted by molar-refractivity contribution is 0.584. The molecular formula is C38H23N7O. The van der Waals surface area contributed by atoms with Crippen LogP contribution in [0.2, 0.25) is 0 Å². The molecule has 0 aliphatic carbocycles. The molecule has 0 unspecified atom stereocenters. The van der Waals surface area contributed by atoms with Crippen LogP contribution in [-0.2, 0) is 0 Å². The van der Waals surface area contributed by atoms with Gasteiger partial charge in [0, 0.05) is 51.4 Å². The van der Waals surface area contributed by atoms with Gasteiger partial charge in [0.05, 0.1) is 33.1 Å². The Bertz CT molecular complexity index is 2490. The van der Waals surface area contributed by atoms with Crippen LogP contribution < -0.4 is 4.90 Å². The molecule has 0 amide bonds. The number of hydrogen-bond donors (Lipinski definition) is 0. The first-order valence-electron chi connectivity index (χ1n) is 14.9. The number of aromatic nitrogens is 6. The van der Waals surface area contributed by atoms with Gasteiger partial charge >= 0.3 is 0 Å². The van der Waals surface area contributed by atoms with Crippen molar-refractivity contribution in [2.24, 2.45) is 0 Å². The number of pyridine rings is 2. The molecule has 216 valence electrons. The van der Waals surface area contributed by atoms with Crippen molar-refractivity contribution in [3.05, 3.63) is 140 Å². The van der Waals surface area contributed by atoms with Crippen LogP contribution in [0.15, 0.2) is 144 Å². The van der Waals surface area contributed by atoms with Crippen molar-refractivity contribution in [2.75, 3.05) is 4.90 Å². The third-order valence-electron chi connectivity index (χ3n) is 8.09. The zero-order valence-corrected chi connectivity index (χ0v) is 24.3. The summed E-state index contributed by atoms with van der Waals surface area (Å²) in [6.07, 6.45) is 3.55. The molecule has 0 spiro atoms. The number of nitrogens with zero attached hydrogens (tertiary/aromatic N) is 7. The predicted molar refractivity (Wildman–Crippen MR) is 181 cm³/mol. The Morgan fingerprint density at radius 2 is 0.957 bits per heavy atom. The molecule has 0 radical (unpaired) electrons. The van der Waals surface area contributed by atoms with Gasteiger partial charge in [-0.25, -0.2) is 9.97 Å². The fourth-order valence-corrected chi connectivity index (χ4v) is 5.94. The van der Waals surface area contributed by atoms with Crippen LogP contribution in [0, 0.1) is 0 Å². The lowest BCUT2D eigenvalue weighted by atomic mass is 10.1. The summed E-state index contributed by atoms with van der Waals surface area (Å²) in [5.74, 6) is 0.848. The fraction of sp³-hybridized carbons (Fsp3) is 0. The van der Waals surface area contributed by atoms with Crippen LogP contribution >= 0.6 is 0 Å². The van der Waals surface area contributed by atoms with Gasteiger partial charge in [-0.1, -0.05) is 36.4 Å². The Kier molecular flexibility index (Phi) is 5.95. The van der Waals surface area contributed by atoms with E-state index in [2.05, 4.69) is 61.5 Å². The molecule has 0 saturated heterocycles. The second-order valence-corrected chi connectivity index (χ2v) is 10.9. The molecule has 0 saturated carbocycles. The lowest BCUT2D eigenvalue weighted by Crippen LogP contribution is -2.09. The normalized spacial score (nSPS) is 11.5. The van der Waals surface area contributed by atoms with E-state index in [4.69, 9.17) is 14.4 Å². The van der Waals surface area contributed by atoms with Crippen molar-refractivity contribution in [3.8, 4) is 22.9 Å². The number of rotatable bonds is 5. The Morgan fingerprint density at radius 1 is 0.435 bits per heavy atom. The molecule has 9 aromatic rings. The summed E-state index contributed by atoms with van der Waals surface area (Å²) < 4.78 is 6.19. The Balaban J connectivity index is 1.08. The zero-order valence-electron chi connectivity index (χ0n) is 24.3. The molecule has 0 aliphatic rings. The smallest absolute Gasteiger partial charge is 0.248 e. The zero-order chi connectivity index (χ0) is 30.5. The summed E-state index contributed by atoms with van der Waals surface area (Å²) >= 11 is 0. The fourth-order valence-electron chi connectivity index (χ4n) is 5.94. The molecule has 0 N–H and O–H groups in total. The molecule has 0 fully saturated rings. The van der Waals surface area contributed by atoms with Crippen LogP contribution in [0.4, 0.5) is 17.1 Å². The Labute approximate surface area is 262 Å². The minimum atomic E-state index is 0.410. The molecule has 0 aliphatic heterocycles. The first-order chi connectivity index (χ1) is 22.8. The van der Waals surface area contributed by atoms with Gasteiger partial charge in [0.1, 0.15) is 0 Å². The maximum atomic E-state index is 6.19. The second kappa shape index (κ2) is 10.6. The largest absolute Gasteiger partial charge is 0.416 e. The van der Waals surface area contributed by atoms with Gasteiger partial charge in [0.2, 0.25) is 11.8 Å². The molecule has 0 bridgehead atoms. The highest BCUT2D eigenvalue weighted by Crippen LogP contribution is 2.36. The highest BCUT2D eigenvalue weighted by molar-refractivity contribution is 6.21. The van der Waals surface area contributed by atoms with Crippen molar-refractivity contribution in [1.82, 2.24) is 30.1 Å².